The molecule has 0 aromatic carbocycles. The first kappa shape index (κ1) is 15.1. The lowest BCUT2D eigenvalue weighted by atomic mass is 10.3. The monoisotopic (exact) mass is 299 g/mol. The average molecular weight is 299 g/mol. The fraction of sp³-hybridized carbons (Fsp3) is 0.615. The number of aryl methyl sites for hydroxylation is 1. The summed E-state index contributed by atoms with van der Waals surface area (Å²) in [6, 6.07) is 3.06. The number of hydrogen-bond acceptors (Lipinski definition) is 5. The molecular weight excluding hydrogens is 278 g/mol. The molecule has 6 nitrogen and oxygen atoms in total. The largest absolute Gasteiger partial charge is 0.398 e. The van der Waals surface area contributed by atoms with Crippen molar-refractivity contribution in [3.8, 4) is 0 Å². The van der Waals surface area contributed by atoms with Gasteiger partial charge in [0.05, 0.1) is 11.5 Å². The Morgan fingerprint density at radius 3 is 2.75 bits per heavy atom. The predicted molar refractivity (Wildman–Crippen MR) is 79.4 cm³/mol. The number of pyridine rings is 1. The van der Waals surface area contributed by atoms with E-state index in [0.717, 1.165) is 19.5 Å². The van der Waals surface area contributed by atoms with Gasteiger partial charge in [-0.3, -0.25) is 4.79 Å². The van der Waals surface area contributed by atoms with Gasteiger partial charge in [-0.05, 0) is 32.0 Å². The molecule has 2 rings (SSSR count). The van der Waals surface area contributed by atoms with Gasteiger partial charge in [0, 0.05) is 31.0 Å². The summed E-state index contributed by atoms with van der Waals surface area (Å²) in [5.41, 5.74) is 6.17. The van der Waals surface area contributed by atoms with Crippen LogP contribution in [0.2, 0.25) is 0 Å². The summed E-state index contributed by atoms with van der Waals surface area (Å²) in [4.78, 5) is 13.8. The molecule has 0 spiro atoms. The van der Waals surface area contributed by atoms with Crippen molar-refractivity contribution in [2.24, 2.45) is 0 Å². The summed E-state index contributed by atoms with van der Waals surface area (Å²) < 4.78 is 24.6. The third kappa shape index (κ3) is 4.35. The predicted octanol–water partition coefficient (Wildman–Crippen LogP) is -0.0589. The molecule has 0 saturated carbocycles. The van der Waals surface area contributed by atoms with Crippen LogP contribution in [-0.2, 0) is 16.4 Å². The summed E-state index contributed by atoms with van der Waals surface area (Å²) in [6.07, 6.45) is 3.15. The second-order valence-corrected chi connectivity index (χ2v) is 7.50. The smallest absolute Gasteiger partial charge is 0.250 e. The molecule has 1 fully saturated rings. The van der Waals surface area contributed by atoms with Gasteiger partial charge in [-0.15, -0.1) is 0 Å². The Morgan fingerprint density at radius 2 is 1.95 bits per heavy atom. The Hall–Kier alpha value is -1.34. The number of aromatic nitrogens is 1. The number of sulfone groups is 1. The zero-order valence-electron chi connectivity index (χ0n) is 11.5. The molecule has 0 amide bonds. The van der Waals surface area contributed by atoms with E-state index >= 15 is 0 Å². The minimum absolute atomic E-state index is 0.0577. The van der Waals surface area contributed by atoms with Crippen molar-refractivity contribution in [1.82, 2.24) is 9.47 Å². The molecule has 2 heterocycles. The molecule has 7 heteroatoms. The van der Waals surface area contributed by atoms with Crippen LogP contribution >= 0.6 is 0 Å². The first-order valence-corrected chi connectivity index (χ1v) is 8.67. The van der Waals surface area contributed by atoms with Crippen LogP contribution in [0.1, 0.15) is 12.8 Å². The van der Waals surface area contributed by atoms with E-state index in [1.807, 2.05) is 0 Å². The Morgan fingerprint density at radius 1 is 1.15 bits per heavy atom. The van der Waals surface area contributed by atoms with Crippen LogP contribution in [-0.4, -0.2) is 49.0 Å². The van der Waals surface area contributed by atoms with Crippen molar-refractivity contribution < 1.29 is 8.42 Å². The summed E-state index contributed by atoms with van der Waals surface area (Å²) >= 11 is 0. The molecule has 1 saturated heterocycles. The SMILES string of the molecule is Nc1ccc(=O)n(CCCN2CCCS(=O)(=O)CC2)c1. The average Bonchev–Trinajstić information content (AvgIpc) is 2.55. The van der Waals surface area contributed by atoms with Gasteiger partial charge in [-0.1, -0.05) is 0 Å². The van der Waals surface area contributed by atoms with Crippen LogP contribution in [0.25, 0.3) is 0 Å². The first-order valence-electron chi connectivity index (χ1n) is 6.85. The number of nitrogen functional groups attached to an aromatic ring is 1. The van der Waals surface area contributed by atoms with E-state index in [1.165, 1.54) is 6.07 Å². The molecule has 0 bridgehead atoms. The Labute approximate surface area is 119 Å². The molecule has 1 aliphatic heterocycles. The summed E-state index contributed by atoms with van der Waals surface area (Å²) in [5, 5.41) is 0. The Balaban J connectivity index is 1.84. The van der Waals surface area contributed by atoms with Crippen LogP contribution in [0.5, 0.6) is 0 Å². The van der Waals surface area contributed by atoms with Crippen molar-refractivity contribution in [2.75, 3.05) is 36.9 Å². The minimum Gasteiger partial charge on any atom is -0.398 e. The fourth-order valence-electron chi connectivity index (χ4n) is 2.40. The maximum absolute atomic E-state index is 11.6. The van der Waals surface area contributed by atoms with Gasteiger partial charge in [-0.2, -0.15) is 0 Å². The molecule has 2 N–H and O–H groups in total. The van der Waals surface area contributed by atoms with Crippen molar-refractivity contribution in [1.29, 1.82) is 0 Å². The zero-order valence-corrected chi connectivity index (χ0v) is 12.3. The lowest BCUT2D eigenvalue weighted by Gasteiger charge is -2.19. The van der Waals surface area contributed by atoms with Gasteiger partial charge in [0.15, 0.2) is 9.84 Å². The number of rotatable bonds is 4. The molecule has 0 aliphatic carbocycles. The third-order valence-electron chi connectivity index (χ3n) is 3.53. The summed E-state index contributed by atoms with van der Waals surface area (Å²) in [6.45, 7) is 2.81. The highest BCUT2D eigenvalue weighted by atomic mass is 32.2. The van der Waals surface area contributed by atoms with E-state index in [-0.39, 0.29) is 17.1 Å². The number of nitrogens with zero attached hydrogens (tertiary/aromatic N) is 2. The molecule has 0 unspecified atom stereocenters. The highest BCUT2D eigenvalue weighted by molar-refractivity contribution is 7.91. The number of anilines is 1. The van der Waals surface area contributed by atoms with Gasteiger partial charge >= 0.3 is 0 Å². The topological polar surface area (TPSA) is 85.4 Å². The van der Waals surface area contributed by atoms with E-state index in [0.29, 0.717) is 25.2 Å². The Bertz CT molecular complexity index is 610. The molecule has 1 aromatic rings. The fourth-order valence-corrected chi connectivity index (χ4v) is 3.71. The van der Waals surface area contributed by atoms with Gasteiger partial charge in [0.2, 0.25) is 0 Å². The van der Waals surface area contributed by atoms with Crippen molar-refractivity contribution in [3.63, 3.8) is 0 Å². The van der Waals surface area contributed by atoms with Gasteiger partial charge in [0.25, 0.3) is 5.56 Å². The van der Waals surface area contributed by atoms with Gasteiger partial charge < -0.3 is 15.2 Å². The van der Waals surface area contributed by atoms with E-state index < -0.39 is 9.84 Å². The Kier molecular flexibility index (Phi) is 4.82. The summed E-state index contributed by atoms with van der Waals surface area (Å²) in [5.74, 6) is 0.531. The zero-order chi connectivity index (χ0) is 14.6. The first-order chi connectivity index (χ1) is 9.46. The van der Waals surface area contributed by atoms with E-state index in [9.17, 15) is 13.2 Å². The van der Waals surface area contributed by atoms with Gasteiger partial charge in [0.1, 0.15) is 0 Å². The van der Waals surface area contributed by atoms with Crippen LogP contribution < -0.4 is 11.3 Å². The maximum atomic E-state index is 11.6. The molecule has 1 aromatic heterocycles. The van der Waals surface area contributed by atoms with Crippen LogP contribution in [0.15, 0.2) is 23.1 Å². The number of nitrogens with two attached hydrogens (primary N) is 1. The van der Waals surface area contributed by atoms with E-state index in [2.05, 4.69) is 4.90 Å². The normalized spacial score (nSPS) is 19.6. The molecular formula is C13H21N3O3S. The number of hydrogen-bond donors (Lipinski definition) is 1. The molecule has 112 valence electrons. The molecule has 0 atom stereocenters. The molecule has 1 aliphatic rings. The van der Waals surface area contributed by atoms with Crippen LogP contribution in [0, 0.1) is 0 Å². The van der Waals surface area contributed by atoms with E-state index in [4.69, 9.17) is 5.73 Å². The van der Waals surface area contributed by atoms with Crippen LogP contribution in [0.3, 0.4) is 0 Å². The van der Waals surface area contributed by atoms with Crippen molar-refractivity contribution in [3.05, 3.63) is 28.7 Å². The minimum atomic E-state index is -2.86. The quantitative estimate of drug-likeness (QED) is 0.842. The highest BCUT2D eigenvalue weighted by Gasteiger charge is 2.18. The lowest BCUT2D eigenvalue weighted by molar-refractivity contribution is 0.285. The second kappa shape index (κ2) is 6.41. The van der Waals surface area contributed by atoms with E-state index in [1.54, 1.807) is 16.8 Å². The molecule has 0 radical (unpaired) electrons. The van der Waals surface area contributed by atoms with Crippen molar-refractivity contribution in [2.45, 2.75) is 19.4 Å². The van der Waals surface area contributed by atoms with Crippen LogP contribution in [0.4, 0.5) is 5.69 Å². The van der Waals surface area contributed by atoms with Gasteiger partial charge in [-0.25, -0.2) is 8.42 Å². The standard InChI is InChI=1S/C13H21N3O3S/c14-12-3-4-13(17)16(11-12)7-1-5-15-6-2-9-20(18,19)10-8-15/h3-4,11H,1-2,5-10,14H2. The summed E-state index contributed by atoms with van der Waals surface area (Å²) in [7, 11) is -2.86. The molecule has 20 heavy (non-hydrogen) atoms. The maximum Gasteiger partial charge on any atom is 0.250 e. The lowest BCUT2D eigenvalue weighted by Crippen LogP contribution is -2.29. The third-order valence-corrected chi connectivity index (χ3v) is 5.24. The second-order valence-electron chi connectivity index (χ2n) is 5.19. The van der Waals surface area contributed by atoms with Crippen molar-refractivity contribution >= 4 is 15.5 Å². The highest BCUT2D eigenvalue weighted by Crippen LogP contribution is 2.06.